The van der Waals surface area contributed by atoms with E-state index >= 15 is 0 Å². The largest absolute Gasteiger partial charge is 0.372 e. The molecule has 0 aromatic heterocycles. The van der Waals surface area contributed by atoms with Gasteiger partial charge in [0.15, 0.2) is 5.78 Å². The summed E-state index contributed by atoms with van der Waals surface area (Å²) in [5.41, 5.74) is 4.91. The second-order valence-corrected chi connectivity index (χ2v) is 8.03. The summed E-state index contributed by atoms with van der Waals surface area (Å²) in [7, 11) is 0. The molecule has 176 valence electrons. The molecule has 0 aliphatic rings. The van der Waals surface area contributed by atoms with Gasteiger partial charge in [0.05, 0.1) is 22.7 Å². The van der Waals surface area contributed by atoms with Gasteiger partial charge < -0.3 is 4.90 Å². The van der Waals surface area contributed by atoms with Crippen molar-refractivity contribution < 1.29 is 4.79 Å². The molecule has 0 unspecified atom stereocenters. The third-order valence-electron chi connectivity index (χ3n) is 5.59. The molecule has 0 aliphatic carbocycles. The van der Waals surface area contributed by atoms with Crippen molar-refractivity contribution in [2.24, 2.45) is 20.5 Å². The number of nitrogens with zero attached hydrogens (tertiary/aromatic N) is 5. The number of Topliss-reactive ketones (excluding diaryl/α,β-unsaturated/α-hetero) is 1. The number of azo groups is 2. The second-order valence-electron chi connectivity index (χ2n) is 8.03. The van der Waals surface area contributed by atoms with Gasteiger partial charge in [-0.2, -0.15) is 20.5 Å². The Kier molecular flexibility index (Phi) is 9.65. The van der Waals surface area contributed by atoms with E-state index in [0.717, 1.165) is 55.0 Å². The number of ketones is 1. The molecule has 34 heavy (non-hydrogen) atoms. The van der Waals surface area contributed by atoms with Gasteiger partial charge in [-0.15, -0.1) is 0 Å². The summed E-state index contributed by atoms with van der Waals surface area (Å²) in [5, 5.41) is 17.2. The summed E-state index contributed by atoms with van der Waals surface area (Å²) in [6, 6.07) is 22.8. The molecule has 0 aliphatic heterocycles. The molecule has 0 saturated heterocycles. The average molecular weight is 456 g/mol. The van der Waals surface area contributed by atoms with Crippen LogP contribution in [0.3, 0.4) is 0 Å². The molecule has 0 heterocycles. The van der Waals surface area contributed by atoms with Crippen molar-refractivity contribution in [2.45, 2.75) is 46.5 Å². The number of carbonyl (C=O) groups excluding carboxylic acids is 1. The van der Waals surface area contributed by atoms with E-state index in [-0.39, 0.29) is 5.78 Å². The lowest BCUT2D eigenvalue weighted by molar-refractivity contribution is 0.0979. The number of carbonyl (C=O) groups is 1. The minimum absolute atomic E-state index is 0.182. The Morgan fingerprint density at radius 1 is 0.618 bits per heavy atom. The summed E-state index contributed by atoms with van der Waals surface area (Å²) in [6.45, 7) is 8.38. The fourth-order valence-electron chi connectivity index (χ4n) is 3.53. The molecule has 0 spiro atoms. The van der Waals surface area contributed by atoms with Gasteiger partial charge in [-0.3, -0.25) is 4.79 Å². The molecule has 6 heteroatoms. The Bertz CT molecular complexity index is 1080. The van der Waals surface area contributed by atoms with Gasteiger partial charge in [0.25, 0.3) is 0 Å². The van der Waals surface area contributed by atoms with Crippen molar-refractivity contribution in [2.75, 3.05) is 18.0 Å². The van der Waals surface area contributed by atoms with E-state index in [0.29, 0.717) is 12.1 Å². The predicted octanol–water partition coefficient (Wildman–Crippen LogP) is 9.13. The summed E-state index contributed by atoms with van der Waals surface area (Å²) in [4.78, 5) is 14.5. The van der Waals surface area contributed by atoms with Gasteiger partial charge in [0.1, 0.15) is 0 Å². The molecule has 3 rings (SSSR count). The summed E-state index contributed by atoms with van der Waals surface area (Å²) in [6.07, 6.45) is 3.74. The Morgan fingerprint density at radius 3 is 1.44 bits per heavy atom. The van der Waals surface area contributed by atoms with Crippen LogP contribution in [0.4, 0.5) is 28.4 Å². The highest BCUT2D eigenvalue weighted by Crippen LogP contribution is 2.25. The first kappa shape index (κ1) is 25.0. The Labute approximate surface area is 202 Å². The monoisotopic (exact) mass is 455 g/mol. The minimum Gasteiger partial charge on any atom is -0.372 e. The molecule has 0 radical (unpaired) electrons. The maximum atomic E-state index is 12.2. The summed E-state index contributed by atoms with van der Waals surface area (Å²) in [5.74, 6) is 0.182. The van der Waals surface area contributed by atoms with Gasteiger partial charge in [-0.05, 0) is 93.1 Å². The van der Waals surface area contributed by atoms with Crippen molar-refractivity contribution in [3.05, 3.63) is 78.4 Å². The Hall–Kier alpha value is -3.67. The molecule has 0 saturated carbocycles. The number of unbranched alkanes of at least 4 members (excludes halogenated alkanes) is 2. The van der Waals surface area contributed by atoms with E-state index < -0.39 is 0 Å². The van der Waals surface area contributed by atoms with Crippen LogP contribution in [0.25, 0.3) is 0 Å². The number of anilines is 1. The Morgan fingerprint density at radius 2 is 1.03 bits per heavy atom. The smallest absolute Gasteiger partial charge is 0.162 e. The van der Waals surface area contributed by atoms with E-state index in [1.165, 1.54) is 5.69 Å². The van der Waals surface area contributed by atoms with E-state index in [4.69, 9.17) is 0 Å². The number of benzene rings is 3. The van der Waals surface area contributed by atoms with Crippen LogP contribution in [0.1, 0.15) is 56.8 Å². The molecule has 0 fully saturated rings. The van der Waals surface area contributed by atoms with E-state index in [1.54, 1.807) is 0 Å². The van der Waals surface area contributed by atoms with Gasteiger partial charge in [0, 0.05) is 30.8 Å². The molecule has 0 atom stereocenters. The number of hydrogen-bond donors (Lipinski definition) is 0. The molecule has 0 N–H and O–H groups in total. The van der Waals surface area contributed by atoms with Crippen molar-refractivity contribution in [3.63, 3.8) is 0 Å². The first-order valence-corrected chi connectivity index (χ1v) is 12.0. The van der Waals surface area contributed by atoms with Crippen LogP contribution in [0.2, 0.25) is 0 Å². The lowest BCUT2D eigenvalue weighted by Crippen LogP contribution is -2.21. The first-order chi connectivity index (χ1) is 16.6. The van der Waals surface area contributed by atoms with Crippen LogP contribution in [-0.2, 0) is 0 Å². The lowest BCUT2D eigenvalue weighted by atomic mass is 10.0. The summed E-state index contributed by atoms with van der Waals surface area (Å²) < 4.78 is 0. The minimum atomic E-state index is 0.182. The zero-order chi connectivity index (χ0) is 24.2. The van der Waals surface area contributed by atoms with E-state index in [1.807, 2.05) is 60.7 Å². The fourth-order valence-corrected chi connectivity index (χ4v) is 3.53. The summed E-state index contributed by atoms with van der Waals surface area (Å²) >= 11 is 0. The molecule has 6 nitrogen and oxygen atoms in total. The van der Waals surface area contributed by atoms with E-state index in [2.05, 4.69) is 58.3 Å². The lowest BCUT2D eigenvalue weighted by Gasteiger charge is -2.20. The predicted molar refractivity (Wildman–Crippen MR) is 140 cm³/mol. The Balaban J connectivity index is 1.55. The van der Waals surface area contributed by atoms with Gasteiger partial charge in [-0.1, -0.05) is 19.8 Å². The normalized spacial score (nSPS) is 11.4. The van der Waals surface area contributed by atoms with Crippen LogP contribution < -0.4 is 4.90 Å². The standard InChI is InChI=1S/C28H33N5O/c1-4-7-8-9-28(34)22-10-12-23(13-11-22)29-30-24-14-16-25(17-15-24)31-32-26-18-20-27(21-19-26)33(5-2)6-3/h10-21H,4-9H2,1-3H3. The molecule has 0 amide bonds. The number of hydrogen-bond acceptors (Lipinski definition) is 6. The molecule has 0 bridgehead atoms. The molecule has 3 aromatic rings. The first-order valence-electron chi connectivity index (χ1n) is 12.0. The van der Waals surface area contributed by atoms with Crippen molar-refractivity contribution >= 4 is 34.2 Å². The highest BCUT2D eigenvalue weighted by atomic mass is 16.1. The third kappa shape index (κ3) is 7.44. The average Bonchev–Trinajstić information content (AvgIpc) is 2.88. The van der Waals surface area contributed by atoms with Crippen LogP contribution in [0.5, 0.6) is 0 Å². The maximum Gasteiger partial charge on any atom is 0.162 e. The zero-order valence-electron chi connectivity index (χ0n) is 20.3. The van der Waals surface area contributed by atoms with Gasteiger partial charge in [-0.25, -0.2) is 0 Å². The molecule has 3 aromatic carbocycles. The second kappa shape index (κ2) is 13.1. The zero-order valence-corrected chi connectivity index (χ0v) is 20.3. The van der Waals surface area contributed by atoms with Crippen molar-refractivity contribution in [1.29, 1.82) is 0 Å². The van der Waals surface area contributed by atoms with Gasteiger partial charge in [0.2, 0.25) is 0 Å². The fraction of sp³-hybridized carbons (Fsp3) is 0.321. The molecular formula is C28H33N5O. The van der Waals surface area contributed by atoms with Crippen molar-refractivity contribution in [3.8, 4) is 0 Å². The highest BCUT2D eigenvalue weighted by molar-refractivity contribution is 5.96. The van der Waals surface area contributed by atoms with Crippen LogP contribution in [0, 0.1) is 0 Å². The number of rotatable bonds is 12. The van der Waals surface area contributed by atoms with E-state index in [9.17, 15) is 4.79 Å². The van der Waals surface area contributed by atoms with Crippen molar-refractivity contribution in [1.82, 2.24) is 0 Å². The quantitative estimate of drug-likeness (QED) is 0.155. The highest BCUT2D eigenvalue weighted by Gasteiger charge is 2.05. The maximum absolute atomic E-state index is 12.2. The SMILES string of the molecule is CCCCCC(=O)c1ccc(N=Nc2ccc(N=Nc3ccc(N(CC)CC)cc3)cc2)cc1. The van der Waals surface area contributed by atoms with Crippen LogP contribution >= 0.6 is 0 Å². The van der Waals surface area contributed by atoms with Crippen LogP contribution in [0.15, 0.2) is 93.3 Å². The molecular weight excluding hydrogens is 422 g/mol. The van der Waals surface area contributed by atoms with Crippen LogP contribution in [-0.4, -0.2) is 18.9 Å². The topological polar surface area (TPSA) is 69.7 Å². The third-order valence-corrected chi connectivity index (χ3v) is 5.59. The van der Waals surface area contributed by atoms with Gasteiger partial charge >= 0.3 is 0 Å².